The van der Waals surface area contributed by atoms with Crippen molar-refractivity contribution in [3.8, 4) is 22.3 Å². The van der Waals surface area contributed by atoms with E-state index in [2.05, 4.69) is 153 Å². The van der Waals surface area contributed by atoms with Gasteiger partial charge in [-0.2, -0.15) is 0 Å². The SMILES string of the molecule is c1ccc(N(c2ccc(-c3cc4cc(-c5ccc(N(c6ccccn6)c6ccccn6)cc5)c5ccccc5c4c4ccccc34)cc2)c2ccccn2)cc1. The third-order valence-corrected chi connectivity index (χ3v) is 10.4. The summed E-state index contributed by atoms with van der Waals surface area (Å²) in [6, 6.07) is 68.2. The standard InChI is InChI=1S/C51H35N5/c1-2-14-39(15-3-1)55(48-20-8-11-31-52-48)40-27-23-36(24-28-40)46-34-38-35-47(43-17-5-7-19-45(43)51(38)44-18-6-4-16-42(44)46)37-25-29-41(30-26-37)56(49-21-9-12-32-53-49)50-22-10-13-33-54-50/h1-35H. The van der Waals surface area contributed by atoms with Crippen molar-refractivity contribution in [2.75, 3.05) is 9.80 Å². The lowest BCUT2D eigenvalue weighted by Gasteiger charge is -2.24. The molecule has 0 aliphatic heterocycles. The van der Waals surface area contributed by atoms with Gasteiger partial charge in [0.25, 0.3) is 0 Å². The highest BCUT2D eigenvalue weighted by Gasteiger charge is 2.18. The van der Waals surface area contributed by atoms with Gasteiger partial charge >= 0.3 is 0 Å². The van der Waals surface area contributed by atoms with Crippen LogP contribution in [-0.2, 0) is 0 Å². The topological polar surface area (TPSA) is 45.2 Å². The van der Waals surface area contributed by atoms with E-state index in [0.717, 1.165) is 45.6 Å². The molecular weight excluding hydrogens is 683 g/mol. The Bertz CT molecular complexity index is 2660. The molecule has 0 N–H and O–H groups in total. The minimum atomic E-state index is 0.812. The maximum atomic E-state index is 4.70. The van der Waals surface area contributed by atoms with Crippen LogP contribution in [0, 0.1) is 0 Å². The molecule has 5 nitrogen and oxygen atoms in total. The molecule has 0 saturated carbocycles. The fraction of sp³-hybridized carbons (Fsp3) is 0. The summed E-state index contributed by atoms with van der Waals surface area (Å²) in [5, 5.41) is 7.38. The summed E-state index contributed by atoms with van der Waals surface area (Å²) in [6.45, 7) is 0. The Labute approximate surface area is 325 Å². The highest BCUT2D eigenvalue weighted by molar-refractivity contribution is 6.25. The minimum Gasteiger partial charge on any atom is -0.295 e. The Morgan fingerprint density at radius 1 is 0.304 bits per heavy atom. The molecule has 0 saturated heterocycles. The molecule has 0 atom stereocenters. The van der Waals surface area contributed by atoms with Gasteiger partial charge in [-0.05, 0) is 140 Å². The van der Waals surface area contributed by atoms with E-state index < -0.39 is 0 Å². The lowest BCUT2D eigenvalue weighted by atomic mass is 9.87. The summed E-state index contributed by atoms with van der Waals surface area (Å²) < 4.78 is 0. The average molecular weight is 718 g/mol. The quantitative estimate of drug-likeness (QED) is 0.146. The zero-order chi connectivity index (χ0) is 37.3. The van der Waals surface area contributed by atoms with Crippen molar-refractivity contribution >= 4 is 66.8 Å². The second kappa shape index (κ2) is 14.3. The first kappa shape index (κ1) is 33.0. The van der Waals surface area contributed by atoms with Crippen molar-refractivity contribution in [3.63, 3.8) is 0 Å². The van der Waals surface area contributed by atoms with Gasteiger partial charge in [0, 0.05) is 35.7 Å². The van der Waals surface area contributed by atoms with Crippen LogP contribution in [0.3, 0.4) is 0 Å². The summed E-state index contributed by atoms with van der Waals surface area (Å²) in [4.78, 5) is 18.3. The Balaban J connectivity index is 1.10. The predicted octanol–water partition coefficient (Wildman–Crippen LogP) is 13.6. The van der Waals surface area contributed by atoms with Crippen LogP contribution in [0.1, 0.15) is 0 Å². The molecule has 0 aliphatic carbocycles. The van der Waals surface area contributed by atoms with E-state index in [9.17, 15) is 0 Å². The fourth-order valence-corrected chi connectivity index (χ4v) is 7.87. The monoisotopic (exact) mass is 717 g/mol. The summed E-state index contributed by atoms with van der Waals surface area (Å²) in [5.41, 5.74) is 7.78. The molecule has 3 heterocycles. The summed E-state index contributed by atoms with van der Waals surface area (Å²) in [7, 11) is 0. The molecule has 0 amide bonds. The van der Waals surface area contributed by atoms with Gasteiger partial charge in [-0.1, -0.05) is 109 Å². The van der Waals surface area contributed by atoms with E-state index >= 15 is 0 Å². The molecule has 0 aliphatic rings. The number of hydrogen-bond acceptors (Lipinski definition) is 5. The van der Waals surface area contributed by atoms with Crippen LogP contribution < -0.4 is 9.80 Å². The summed E-state index contributed by atoms with van der Waals surface area (Å²) in [6.07, 6.45) is 5.47. The van der Waals surface area contributed by atoms with Gasteiger partial charge < -0.3 is 0 Å². The molecule has 7 aromatic carbocycles. The number of pyridine rings is 3. The van der Waals surface area contributed by atoms with Crippen LogP contribution in [-0.4, -0.2) is 15.0 Å². The first-order chi connectivity index (χ1) is 27.8. The van der Waals surface area contributed by atoms with Gasteiger partial charge in [-0.3, -0.25) is 9.80 Å². The third kappa shape index (κ3) is 5.98. The number of fused-ring (bicyclic) bond motifs is 5. The van der Waals surface area contributed by atoms with Gasteiger partial charge in [0.1, 0.15) is 17.5 Å². The Morgan fingerprint density at radius 3 is 1.12 bits per heavy atom. The molecule has 5 heteroatoms. The molecule has 10 rings (SSSR count). The Kier molecular flexibility index (Phi) is 8.43. The van der Waals surface area contributed by atoms with E-state index in [1.165, 1.54) is 43.4 Å². The molecule has 264 valence electrons. The second-order valence-corrected chi connectivity index (χ2v) is 13.7. The van der Waals surface area contributed by atoms with Crippen LogP contribution in [0.5, 0.6) is 0 Å². The molecule has 3 aromatic heterocycles. The number of rotatable bonds is 8. The van der Waals surface area contributed by atoms with Gasteiger partial charge in [-0.15, -0.1) is 0 Å². The van der Waals surface area contributed by atoms with Crippen molar-refractivity contribution in [2.24, 2.45) is 0 Å². The zero-order valence-corrected chi connectivity index (χ0v) is 30.4. The van der Waals surface area contributed by atoms with Crippen molar-refractivity contribution in [1.29, 1.82) is 0 Å². The van der Waals surface area contributed by atoms with Crippen LogP contribution in [0.15, 0.2) is 213 Å². The predicted molar refractivity (Wildman–Crippen MR) is 233 cm³/mol. The Hall–Kier alpha value is -7.63. The highest BCUT2D eigenvalue weighted by atomic mass is 15.2. The number of anilines is 6. The van der Waals surface area contributed by atoms with E-state index in [0.29, 0.717) is 0 Å². The lowest BCUT2D eigenvalue weighted by molar-refractivity contribution is 1.13. The smallest absolute Gasteiger partial charge is 0.138 e. The number of nitrogens with zero attached hydrogens (tertiary/aromatic N) is 5. The average Bonchev–Trinajstić information content (AvgIpc) is 3.28. The van der Waals surface area contributed by atoms with Gasteiger partial charge in [0.05, 0.1) is 0 Å². The van der Waals surface area contributed by atoms with Crippen LogP contribution in [0.2, 0.25) is 0 Å². The molecule has 0 radical (unpaired) electrons. The highest BCUT2D eigenvalue weighted by Crippen LogP contribution is 2.43. The molecule has 10 aromatic rings. The van der Waals surface area contributed by atoms with Crippen molar-refractivity contribution < 1.29 is 0 Å². The third-order valence-electron chi connectivity index (χ3n) is 10.4. The second-order valence-electron chi connectivity index (χ2n) is 13.7. The molecule has 0 spiro atoms. The number of benzene rings is 7. The normalized spacial score (nSPS) is 11.2. The van der Waals surface area contributed by atoms with E-state index in [-0.39, 0.29) is 0 Å². The van der Waals surface area contributed by atoms with Gasteiger partial charge in [0.2, 0.25) is 0 Å². The molecule has 0 bridgehead atoms. The fourth-order valence-electron chi connectivity index (χ4n) is 7.87. The number of para-hydroxylation sites is 1. The van der Waals surface area contributed by atoms with E-state index in [1.807, 2.05) is 79.3 Å². The van der Waals surface area contributed by atoms with E-state index in [1.54, 1.807) is 0 Å². The molecule has 0 fully saturated rings. The maximum Gasteiger partial charge on any atom is 0.138 e. The van der Waals surface area contributed by atoms with E-state index in [4.69, 9.17) is 4.98 Å². The molecule has 56 heavy (non-hydrogen) atoms. The Morgan fingerprint density at radius 2 is 0.679 bits per heavy atom. The minimum absolute atomic E-state index is 0.812. The number of aromatic nitrogens is 3. The zero-order valence-electron chi connectivity index (χ0n) is 30.4. The first-order valence-electron chi connectivity index (χ1n) is 18.8. The van der Waals surface area contributed by atoms with Crippen LogP contribution >= 0.6 is 0 Å². The van der Waals surface area contributed by atoms with Gasteiger partial charge in [-0.25, -0.2) is 15.0 Å². The van der Waals surface area contributed by atoms with Gasteiger partial charge in [0.15, 0.2) is 0 Å². The largest absolute Gasteiger partial charge is 0.295 e. The summed E-state index contributed by atoms with van der Waals surface area (Å²) >= 11 is 0. The maximum absolute atomic E-state index is 4.70. The van der Waals surface area contributed by atoms with Crippen molar-refractivity contribution in [3.05, 3.63) is 213 Å². The molecular formula is C51H35N5. The lowest BCUT2D eigenvalue weighted by Crippen LogP contribution is -2.12. The summed E-state index contributed by atoms with van der Waals surface area (Å²) in [5.74, 6) is 2.50. The van der Waals surface area contributed by atoms with Crippen molar-refractivity contribution in [1.82, 2.24) is 15.0 Å². The van der Waals surface area contributed by atoms with Crippen LogP contribution in [0.4, 0.5) is 34.5 Å². The molecule has 0 unspecified atom stereocenters. The van der Waals surface area contributed by atoms with Crippen LogP contribution in [0.25, 0.3) is 54.6 Å². The van der Waals surface area contributed by atoms with Crippen molar-refractivity contribution in [2.45, 2.75) is 0 Å². The number of hydrogen-bond donors (Lipinski definition) is 0. The first-order valence-corrected chi connectivity index (χ1v) is 18.8.